The summed E-state index contributed by atoms with van der Waals surface area (Å²) < 4.78 is 26.3. The number of halogens is 2. The summed E-state index contributed by atoms with van der Waals surface area (Å²) in [5.74, 6) is -2.67. The molecule has 18 heavy (non-hydrogen) atoms. The Morgan fingerprint density at radius 3 is 2.61 bits per heavy atom. The van der Waals surface area contributed by atoms with Gasteiger partial charge in [-0.15, -0.1) is 0 Å². The minimum Gasteiger partial charge on any atom is -0.394 e. The number of rotatable bonds is 5. The molecule has 100 valence electrons. The Kier molecular flexibility index (Phi) is 5.22. The second-order valence-corrected chi connectivity index (χ2v) is 4.58. The first kappa shape index (κ1) is 14.6. The van der Waals surface area contributed by atoms with Gasteiger partial charge in [-0.1, -0.05) is 19.9 Å². The van der Waals surface area contributed by atoms with Crippen LogP contribution in [0.3, 0.4) is 0 Å². The Hall–Kier alpha value is -1.49. The van der Waals surface area contributed by atoms with Crippen LogP contribution in [0.2, 0.25) is 0 Å². The largest absolute Gasteiger partial charge is 0.394 e. The third-order valence-corrected chi connectivity index (χ3v) is 2.51. The van der Waals surface area contributed by atoms with Crippen LogP contribution >= 0.6 is 0 Å². The van der Waals surface area contributed by atoms with Crippen molar-refractivity contribution in [2.75, 3.05) is 6.61 Å². The van der Waals surface area contributed by atoms with E-state index in [0.29, 0.717) is 6.42 Å². The minimum absolute atomic E-state index is 0.235. The molecule has 0 radical (unpaired) electrons. The van der Waals surface area contributed by atoms with E-state index in [2.05, 4.69) is 5.32 Å². The Morgan fingerprint density at radius 1 is 1.39 bits per heavy atom. The van der Waals surface area contributed by atoms with Crippen molar-refractivity contribution < 1.29 is 18.7 Å². The molecule has 1 aromatic rings. The van der Waals surface area contributed by atoms with Crippen LogP contribution in [0, 0.1) is 17.6 Å². The molecule has 0 saturated heterocycles. The predicted molar refractivity (Wildman–Crippen MR) is 64.2 cm³/mol. The monoisotopic (exact) mass is 257 g/mol. The van der Waals surface area contributed by atoms with Gasteiger partial charge in [-0.2, -0.15) is 0 Å². The van der Waals surface area contributed by atoms with Crippen LogP contribution in [0.25, 0.3) is 0 Å². The normalized spacial score (nSPS) is 12.6. The van der Waals surface area contributed by atoms with E-state index >= 15 is 0 Å². The molecule has 3 nitrogen and oxygen atoms in total. The number of benzene rings is 1. The highest BCUT2D eigenvalue weighted by molar-refractivity contribution is 5.94. The first-order valence-corrected chi connectivity index (χ1v) is 5.81. The fraction of sp³-hybridized carbons (Fsp3) is 0.462. The summed E-state index contributed by atoms with van der Waals surface area (Å²) in [6, 6.07) is 2.96. The van der Waals surface area contributed by atoms with E-state index in [1.54, 1.807) is 0 Å². The molecule has 2 N–H and O–H groups in total. The van der Waals surface area contributed by atoms with Crippen LogP contribution in [0.4, 0.5) is 8.78 Å². The predicted octanol–water partition coefficient (Wildman–Crippen LogP) is 2.10. The highest BCUT2D eigenvalue weighted by atomic mass is 19.2. The van der Waals surface area contributed by atoms with Crippen LogP contribution in [-0.4, -0.2) is 23.7 Å². The lowest BCUT2D eigenvalue weighted by Crippen LogP contribution is -2.38. The lowest BCUT2D eigenvalue weighted by molar-refractivity contribution is 0.0903. The van der Waals surface area contributed by atoms with Crippen LogP contribution < -0.4 is 5.32 Å². The molecule has 0 aromatic heterocycles. The molecule has 1 amide bonds. The van der Waals surface area contributed by atoms with Gasteiger partial charge in [0.25, 0.3) is 5.91 Å². The lowest BCUT2D eigenvalue weighted by atomic mass is 10.0. The van der Waals surface area contributed by atoms with E-state index < -0.39 is 23.6 Å². The van der Waals surface area contributed by atoms with Crippen molar-refractivity contribution in [2.24, 2.45) is 5.92 Å². The molecule has 1 aromatic carbocycles. The maximum absolute atomic E-state index is 13.4. The van der Waals surface area contributed by atoms with Gasteiger partial charge in [0, 0.05) is 0 Å². The number of hydrogen-bond acceptors (Lipinski definition) is 2. The maximum Gasteiger partial charge on any atom is 0.254 e. The lowest BCUT2D eigenvalue weighted by Gasteiger charge is -2.18. The highest BCUT2D eigenvalue weighted by Crippen LogP contribution is 2.12. The number of carbonyl (C=O) groups is 1. The summed E-state index contributed by atoms with van der Waals surface area (Å²) in [6.45, 7) is 3.65. The van der Waals surface area contributed by atoms with E-state index in [0.717, 1.165) is 6.07 Å². The molecule has 1 atom stereocenters. The van der Waals surface area contributed by atoms with Crippen molar-refractivity contribution >= 4 is 5.91 Å². The Bertz CT molecular complexity index is 421. The zero-order valence-corrected chi connectivity index (χ0v) is 10.4. The molecule has 0 spiro atoms. The Morgan fingerprint density at radius 2 is 2.06 bits per heavy atom. The first-order chi connectivity index (χ1) is 8.45. The first-order valence-electron chi connectivity index (χ1n) is 5.81. The molecule has 0 fully saturated rings. The molecular weight excluding hydrogens is 240 g/mol. The van der Waals surface area contributed by atoms with Crippen LogP contribution in [0.15, 0.2) is 18.2 Å². The molecule has 0 aliphatic heterocycles. The van der Waals surface area contributed by atoms with Crippen molar-refractivity contribution in [1.29, 1.82) is 0 Å². The molecule has 1 rings (SSSR count). The Balaban J connectivity index is 2.78. The average molecular weight is 257 g/mol. The zero-order chi connectivity index (χ0) is 13.7. The van der Waals surface area contributed by atoms with Gasteiger partial charge in [0.2, 0.25) is 0 Å². The van der Waals surface area contributed by atoms with E-state index in [1.807, 2.05) is 13.8 Å². The number of aliphatic hydroxyl groups excluding tert-OH is 1. The number of carbonyl (C=O) groups excluding carboxylic acids is 1. The topological polar surface area (TPSA) is 49.3 Å². The van der Waals surface area contributed by atoms with E-state index in [4.69, 9.17) is 5.11 Å². The van der Waals surface area contributed by atoms with Gasteiger partial charge < -0.3 is 10.4 Å². The summed E-state index contributed by atoms with van der Waals surface area (Å²) in [7, 11) is 0. The van der Waals surface area contributed by atoms with Crippen molar-refractivity contribution in [1.82, 2.24) is 5.32 Å². The highest BCUT2D eigenvalue weighted by Gasteiger charge is 2.18. The van der Waals surface area contributed by atoms with Gasteiger partial charge in [-0.25, -0.2) is 8.78 Å². The van der Waals surface area contributed by atoms with Crippen molar-refractivity contribution in [3.63, 3.8) is 0 Å². The number of nitrogens with one attached hydrogen (secondary N) is 1. The third kappa shape index (κ3) is 3.77. The van der Waals surface area contributed by atoms with Crippen molar-refractivity contribution in [3.8, 4) is 0 Å². The van der Waals surface area contributed by atoms with Gasteiger partial charge in [-0.05, 0) is 24.5 Å². The van der Waals surface area contributed by atoms with Gasteiger partial charge in [0.15, 0.2) is 11.6 Å². The summed E-state index contributed by atoms with van der Waals surface area (Å²) in [4.78, 5) is 11.7. The maximum atomic E-state index is 13.4. The summed E-state index contributed by atoms with van der Waals surface area (Å²) in [5, 5.41) is 11.6. The number of aliphatic hydroxyl groups is 1. The minimum atomic E-state index is -1.17. The molecule has 0 aliphatic rings. The van der Waals surface area contributed by atoms with E-state index in [1.165, 1.54) is 12.1 Å². The van der Waals surface area contributed by atoms with Gasteiger partial charge in [-0.3, -0.25) is 4.79 Å². The summed E-state index contributed by atoms with van der Waals surface area (Å²) in [5.41, 5.74) is -0.350. The smallest absolute Gasteiger partial charge is 0.254 e. The summed E-state index contributed by atoms with van der Waals surface area (Å²) in [6.07, 6.45) is 0.569. The SMILES string of the molecule is CC(C)CC(CO)NC(=O)c1cccc(F)c1F. The van der Waals surface area contributed by atoms with Gasteiger partial charge >= 0.3 is 0 Å². The van der Waals surface area contributed by atoms with Crippen LogP contribution in [0.1, 0.15) is 30.6 Å². The second kappa shape index (κ2) is 6.44. The number of amides is 1. The van der Waals surface area contributed by atoms with Crippen LogP contribution in [0.5, 0.6) is 0 Å². The molecule has 0 bridgehead atoms. The molecule has 0 heterocycles. The molecule has 0 aliphatic carbocycles. The van der Waals surface area contributed by atoms with Gasteiger partial charge in [0.1, 0.15) is 0 Å². The van der Waals surface area contributed by atoms with Gasteiger partial charge in [0.05, 0.1) is 18.2 Å². The van der Waals surface area contributed by atoms with E-state index in [-0.39, 0.29) is 18.1 Å². The molecule has 5 heteroatoms. The average Bonchev–Trinajstić information content (AvgIpc) is 2.31. The summed E-state index contributed by atoms with van der Waals surface area (Å²) >= 11 is 0. The second-order valence-electron chi connectivity index (χ2n) is 4.58. The quantitative estimate of drug-likeness (QED) is 0.848. The van der Waals surface area contributed by atoms with E-state index in [9.17, 15) is 13.6 Å². The van der Waals surface area contributed by atoms with Crippen LogP contribution in [-0.2, 0) is 0 Å². The zero-order valence-electron chi connectivity index (χ0n) is 10.4. The Labute approximate surface area is 105 Å². The molecule has 0 saturated carbocycles. The van der Waals surface area contributed by atoms with Crippen molar-refractivity contribution in [2.45, 2.75) is 26.3 Å². The number of hydrogen-bond donors (Lipinski definition) is 2. The molecular formula is C13H17F2NO2. The third-order valence-electron chi connectivity index (χ3n) is 2.51. The molecule has 1 unspecified atom stereocenters. The fourth-order valence-corrected chi connectivity index (χ4v) is 1.69. The standard InChI is InChI=1S/C13H17F2NO2/c1-8(2)6-9(7-17)16-13(18)10-4-3-5-11(14)12(10)15/h3-5,8-9,17H,6-7H2,1-2H3,(H,16,18). The van der Waals surface area contributed by atoms with Crippen molar-refractivity contribution in [3.05, 3.63) is 35.4 Å². The fourth-order valence-electron chi connectivity index (χ4n) is 1.69.